The number of amides is 2. The zero-order valence-corrected chi connectivity index (χ0v) is 19.6. The molecule has 5 rings (SSSR count). The Morgan fingerprint density at radius 2 is 1.79 bits per heavy atom. The van der Waals surface area contributed by atoms with Crippen molar-refractivity contribution in [3.63, 3.8) is 0 Å². The van der Waals surface area contributed by atoms with Gasteiger partial charge in [-0.3, -0.25) is 14.5 Å². The van der Waals surface area contributed by atoms with E-state index in [9.17, 15) is 9.59 Å². The Morgan fingerprint density at radius 1 is 1.06 bits per heavy atom. The summed E-state index contributed by atoms with van der Waals surface area (Å²) in [7, 11) is 1.63. The van der Waals surface area contributed by atoms with Gasteiger partial charge in [-0.05, 0) is 57.0 Å². The molecule has 0 bridgehead atoms. The molecule has 0 radical (unpaired) electrons. The third kappa shape index (κ3) is 3.67. The van der Waals surface area contributed by atoms with Crippen LogP contribution in [0.1, 0.15) is 55.1 Å². The molecule has 0 unspecified atom stereocenters. The molecule has 1 aliphatic carbocycles. The number of fused-ring (bicyclic) bond motifs is 3. The first kappa shape index (κ1) is 21.6. The van der Waals surface area contributed by atoms with Gasteiger partial charge in [-0.25, -0.2) is 0 Å². The molecule has 2 aromatic carbocycles. The minimum atomic E-state index is -1.06. The van der Waals surface area contributed by atoms with E-state index in [2.05, 4.69) is 5.32 Å². The van der Waals surface area contributed by atoms with Crippen LogP contribution < -0.4 is 15.0 Å². The highest BCUT2D eigenvalue weighted by molar-refractivity contribution is 6.14. The summed E-state index contributed by atoms with van der Waals surface area (Å²) in [6, 6.07) is 15.7. The van der Waals surface area contributed by atoms with Crippen LogP contribution >= 0.6 is 0 Å². The lowest BCUT2D eigenvalue weighted by molar-refractivity contribution is -0.127. The topological polar surface area (TPSA) is 63.6 Å². The van der Waals surface area contributed by atoms with E-state index in [0.717, 1.165) is 53.6 Å². The highest BCUT2D eigenvalue weighted by Crippen LogP contribution is 2.37. The van der Waals surface area contributed by atoms with Crippen LogP contribution in [0.5, 0.6) is 5.75 Å². The van der Waals surface area contributed by atoms with E-state index >= 15 is 0 Å². The predicted octanol–water partition coefficient (Wildman–Crippen LogP) is 4.83. The maximum Gasteiger partial charge on any atom is 0.275 e. The lowest BCUT2D eigenvalue weighted by Crippen LogP contribution is -2.65. The second-order valence-corrected chi connectivity index (χ2v) is 9.60. The Bertz CT molecular complexity index is 1210. The van der Waals surface area contributed by atoms with Crippen LogP contribution in [-0.2, 0) is 11.3 Å². The van der Waals surface area contributed by atoms with Gasteiger partial charge in [-0.1, -0.05) is 37.0 Å². The molecule has 0 spiro atoms. The molecule has 1 aliphatic heterocycles. The molecule has 2 heterocycles. The van der Waals surface area contributed by atoms with Crippen LogP contribution in [-0.4, -0.2) is 35.1 Å². The van der Waals surface area contributed by atoms with Gasteiger partial charge < -0.3 is 14.6 Å². The van der Waals surface area contributed by atoms with Crippen LogP contribution in [0.4, 0.5) is 5.69 Å². The number of benzene rings is 2. The summed E-state index contributed by atoms with van der Waals surface area (Å²) in [5.41, 5.74) is 2.27. The molecular weight excluding hydrogens is 414 g/mol. The summed E-state index contributed by atoms with van der Waals surface area (Å²) in [5, 5.41) is 4.24. The Hall–Kier alpha value is -3.28. The fraction of sp³-hybridized carbons (Fsp3) is 0.407. The van der Waals surface area contributed by atoms with Crippen molar-refractivity contribution in [1.82, 2.24) is 9.88 Å². The van der Waals surface area contributed by atoms with Gasteiger partial charge >= 0.3 is 0 Å². The normalized spacial score (nSPS) is 21.2. The number of ether oxygens (including phenoxy) is 1. The fourth-order valence-electron chi connectivity index (χ4n) is 5.28. The number of rotatable bonds is 4. The van der Waals surface area contributed by atoms with Crippen molar-refractivity contribution in [3.8, 4) is 5.75 Å². The van der Waals surface area contributed by atoms with E-state index in [1.807, 2.05) is 66.9 Å². The van der Waals surface area contributed by atoms with E-state index in [1.165, 1.54) is 6.42 Å². The molecule has 172 valence electrons. The molecule has 2 amide bonds. The number of methoxy groups -OCH3 is 1. The van der Waals surface area contributed by atoms with Crippen molar-refractivity contribution < 1.29 is 14.3 Å². The zero-order valence-electron chi connectivity index (χ0n) is 19.6. The third-order valence-corrected chi connectivity index (χ3v) is 7.21. The summed E-state index contributed by atoms with van der Waals surface area (Å²) in [6.07, 6.45) is 5.48. The number of hydrogen-bond donors (Lipinski definition) is 1. The van der Waals surface area contributed by atoms with E-state index in [-0.39, 0.29) is 17.9 Å². The van der Waals surface area contributed by atoms with E-state index in [0.29, 0.717) is 12.2 Å². The van der Waals surface area contributed by atoms with Gasteiger partial charge in [0.2, 0.25) is 5.91 Å². The maximum atomic E-state index is 13.9. The number of nitrogens with zero attached hydrogens (tertiary/aromatic N) is 2. The van der Waals surface area contributed by atoms with Crippen molar-refractivity contribution >= 4 is 28.4 Å². The molecule has 6 heteroatoms. The molecule has 1 saturated carbocycles. The first-order chi connectivity index (χ1) is 15.9. The molecule has 33 heavy (non-hydrogen) atoms. The van der Waals surface area contributed by atoms with Crippen molar-refractivity contribution in [2.75, 3.05) is 12.0 Å². The van der Waals surface area contributed by atoms with Gasteiger partial charge in [0.15, 0.2) is 0 Å². The molecular formula is C27H31N3O3. The van der Waals surface area contributed by atoms with Crippen molar-refractivity contribution in [2.24, 2.45) is 0 Å². The molecule has 6 nitrogen and oxygen atoms in total. The quantitative estimate of drug-likeness (QED) is 0.626. The third-order valence-electron chi connectivity index (χ3n) is 7.21. The second-order valence-electron chi connectivity index (χ2n) is 9.60. The van der Waals surface area contributed by atoms with Gasteiger partial charge in [0.05, 0.1) is 19.2 Å². The van der Waals surface area contributed by atoms with Gasteiger partial charge in [0.1, 0.15) is 17.0 Å². The largest absolute Gasteiger partial charge is 0.497 e. The van der Waals surface area contributed by atoms with Gasteiger partial charge in [-0.15, -0.1) is 0 Å². The predicted molar refractivity (Wildman–Crippen MR) is 130 cm³/mol. The lowest BCUT2D eigenvalue weighted by atomic mass is 9.91. The molecule has 0 saturated heterocycles. The van der Waals surface area contributed by atoms with Crippen LogP contribution in [0.25, 0.3) is 10.9 Å². The maximum absolute atomic E-state index is 13.9. The van der Waals surface area contributed by atoms with E-state index < -0.39 is 5.54 Å². The Kier molecular flexibility index (Phi) is 5.39. The van der Waals surface area contributed by atoms with Crippen molar-refractivity contribution in [2.45, 2.75) is 64.1 Å². The minimum absolute atomic E-state index is 0.0984. The van der Waals surface area contributed by atoms with Gasteiger partial charge in [-0.2, -0.15) is 0 Å². The highest BCUT2D eigenvalue weighted by Gasteiger charge is 2.49. The first-order valence-electron chi connectivity index (χ1n) is 11.8. The molecule has 1 fully saturated rings. The Balaban J connectivity index is 1.62. The molecule has 1 atom stereocenters. The zero-order chi connectivity index (χ0) is 23.2. The average molecular weight is 446 g/mol. The lowest BCUT2D eigenvalue weighted by Gasteiger charge is -2.44. The van der Waals surface area contributed by atoms with Gasteiger partial charge in [0.25, 0.3) is 5.91 Å². The number of carbonyl (C=O) groups excluding carboxylic acids is 2. The first-order valence-corrected chi connectivity index (χ1v) is 11.8. The highest BCUT2D eigenvalue weighted by atomic mass is 16.5. The summed E-state index contributed by atoms with van der Waals surface area (Å²) in [4.78, 5) is 29.5. The average Bonchev–Trinajstić information content (AvgIpc) is 3.18. The monoisotopic (exact) mass is 445 g/mol. The molecule has 1 N–H and O–H groups in total. The molecule has 2 aliphatic rings. The smallest absolute Gasteiger partial charge is 0.275 e. The van der Waals surface area contributed by atoms with Crippen molar-refractivity contribution in [3.05, 3.63) is 59.8 Å². The van der Waals surface area contributed by atoms with Crippen LogP contribution in [0.15, 0.2) is 48.5 Å². The minimum Gasteiger partial charge on any atom is -0.497 e. The fourth-order valence-corrected chi connectivity index (χ4v) is 5.28. The van der Waals surface area contributed by atoms with Crippen molar-refractivity contribution in [1.29, 1.82) is 0 Å². The molecule has 1 aromatic heterocycles. The number of aryl methyl sites for hydroxylation is 1. The summed E-state index contributed by atoms with van der Waals surface area (Å²) in [6.45, 7) is 4.27. The summed E-state index contributed by atoms with van der Waals surface area (Å²) >= 11 is 0. The van der Waals surface area contributed by atoms with Gasteiger partial charge in [0, 0.05) is 23.2 Å². The van der Waals surface area contributed by atoms with Crippen LogP contribution in [0.3, 0.4) is 0 Å². The Labute approximate surface area is 194 Å². The number of hydrogen-bond acceptors (Lipinski definition) is 3. The Morgan fingerprint density at radius 3 is 2.48 bits per heavy atom. The number of anilines is 1. The second kappa shape index (κ2) is 8.25. The number of aromatic nitrogens is 1. The van der Waals surface area contributed by atoms with E-state index in [1.54, 1.807) is 12.0 Å². The number of nitrogens with one attached hydrogen (secondary N) is 1. The van der Waals surface area contributed by atoms with E-state index in [4.69, 9.17) is 4.74 Å². The number of carbonyl (C=O) groups is 2. The van der Waals surface area contributed by atoms with Crippen LogP contribution in [0.2, 0.25) is 0 Å². The summed E-state index contributed by atoms with van der Waals surface area (Å²) in [5.74, 6) is 0.463. The van der Waals surface area contributed by atoms with Crippen LogP contribution in [0, 0.1) is 6.92 Å². The standard InChI is InChI=1S/C27H31N3O3/c1-18-9-12-21(13-10-18)30-25(31)24-15-19-11-14-22(33-3)16-23(19)29(24)17-27(30,2)26(32)28-20-7-5-4-6-8-20/h9-16,20H,4-8,17H2,1-3H3,(H,28,32)/t27-/m0/s1. The SMILES string of the molecule is COc1ccc2cc3n(c2c1)C[C@@](C)(C(=O)NC1CCCCC1)N(c1ccc(C)cc1)C3=O. The molecule has 3 aromatic rings. The summed E-state index contributed by atoms with van der Waals surface area (Å²) < 4.78 is 7.40.